The van der Waals surface area contributed by atoms with E-state index in [1.165, 1.54) is 0 Å². The van der Waals surface area contributed by atoms with Crippen LogP contribution in [0.3, 0.4) is 0 Å². The quantitative estimate of drug-likeness (QED) is 0.496. The zero-order chi connectivity index (χ0) is 2.00. The van der Waals surface area contributed by atoms with Gasteiger partial charge in [-0.15, -0.1) is 0 Å². The van der Waals surface area contributed by atoms with E-state index in [9.17, 15) is 0 Å². The molecule has 0 aliphatic rings. The summed E-state index contributed by atoms with van der Waals surface area (Å²) < 4.78 is 0. The summed E-state index contributed by atoms with van der Waals surface area (Å²) in [5.74, 6) is 0. The van der Waals surface area contributed by atoms with Gasteiger partial charge >= 0.3 is 0 Å². The average molecular weight is 183 g/mol. The third-order valence-electron chi connectivity index (χ3n) is 0. The molecule has 0 amide bonds. The molecule has 0 aliphatic carbocycles. The van der Waals surface area contributed by atoms with Crippen molar-refractivity contribution in [2.24, 2.45) is 0 Å². The Balaban J connectivity index is -0.00000000500. The van der Waals surface area contributed by atoms with Crippen molar-refractivity contribution in [2.45, 2.75) is 6.92 Å². The van der Waals surface area contributed by atoms with E-state index >= 15 is 0 Å². The Morgan fingerprint density at radius 1 is 1.25 bits per heavy atom. The minimum absolute atomic E-state index is 0. The van der Waals surface area contributed by atoms with Crippen LogP contribution in [0.15, 0.2) is 0 Å². The Kier molecular flexibility index (Phi) is 142. The minimum Gasteiger partial charge on any atom is -0.358 e. The van der Waals surface area contributed by atoms with Crippen molar-refractivity contribution in [3.8, 4) is 0 Å². The normalized spacial score (nSPS) is 1.50. The zero-order valence-corrected chi connectivity index (χ0v) is 6.91. The predicted octanol–water partition coefficient (Wildman–Crippen LogP) is 1.29. The maximum Gasteiger partial charge on any atom is 0 e. The third kappa shape index (κ3) is 10.8. The van der Waals surface area contributed by atoms with Crippen LogP contribution in [0.1, 0.15) is 6.92 Å². The first-order valence-electron chi connectivity index (χ1n) is 0.707. The van der Waals surface area contributed by atoms with Crippen molar-refractivity contribution in [1.29, 1.82) is 0 Å². The van der Waals surface area contributed by atoms with E-state index in [1.807, 2.05) is 0 Å². The topological polar surface area (TPSA) is 0 Å². The molecule has 0 fully saturated rings. The Morgan fingerprint density at radius 2 is 1.25 bits per heavy atom. The second-order valence-electron chi connectivity index (χ2n) is 0. The Labute approximate surface area is 56.6 Å². The van der Waals surface area contributed by atoms with Crippen molar-refractivity contribution < 1.29 is 35.6 Å². The summed E-state index contributed by atoms with van der Waals surface area (Å²) in [5.41, 5.74) is 0. The van der Waals surface area contributed by atoms with E-state index < -0.39 is 0 Å². The molecule has 0 rings (SSSR count). The molecule has 1 heteroatoms. The summed E-state index contributed by atoms with van der Waals surface area (Å²) in [4.78, 5) is 0. The average Bonchev–Trinajstić information content (AvgIpc) is 1.00. The van der Waals surface area contributed by atoms with E-state index in [1.54, 1.807) is 6.92 Å². The summed E-state index contributed by atoms with van der Waals surface area (Å²) in [6.45, 7) is 5.00. The molecular formula is C3H8La-2. The van der Waals surface area contributed by atoms with Gasteiger partial charge in [0.1, 0.15) is 0 Å². The molecule has 0 aromatic rings. The standard InChI is InChI=1S/C2H5.CH3.La/c1-2;;/h1H2,2H3;1H3;/q2*-1;. The molecule has 0 saturated heterocycles. The third-order valence-corrected chi connectivity index (χ3v) is 0. The second kappa shape index (κ2) is 30.0. The van der Waals surface area contributed by atoms with Crippen LogP contribution >= 0.6 is 0 Å². The monoisotopic (exact) mass is 183 g/mol. The van der Waals surface area contributed by atoms with Gasteiger partial charge in [0, 0.05) is 35.6 Å². The molecule has 0 atom stereocenters. The fraction of sp³-hybridized carbons (Fsp3) is 0.333. The van der Waals surface area contributed by atoms with E-state index in [0.29, 0.717) is 0 Å². The summed E-state index contributed by atoms with van der Waals surface area (Å²) in [6.07, 6.45) is 0. The number of rotatable bonds is 0. The van der Waals surface area contributed by atoms with Crippen LogP contribution in [-0.4, -0.2) is 0 Å². The van der Waals surface area contributed by atoms with Crippen LogP contribution in [0.25, 0.3) is 0 Å². The Bertz CT molecular complexity index is 3.25. The van der Waals surface area contributed by atoms with Crippen molar-refractivity contribution >= 4 is 0 Å². The van der Waals surface area contributed by atoms with Crippen molar-refractivity contribution in [3.05, 3.63) is 14.4 Å². The molecule has 0 saturated carbocycles. The summed E-state index contributed by atoms with van der Waals surface area (Å²) in [7, 11) is 0. The number of hydrogen-bond acceptors (Lipinski definition) is 0. The van der Waals surface area contributed by atoms with E-state index in [2.05, 4.69) is 6.92 Å². The molecule has 1 radical (unpaired) electrons. The van der Waals surface area contributed by atoms with Crippen LogP contribution in [0.4, 0.5) is 0 Å². The SMILES string of the molecule is [CH2-]C.[CH3-].[La]. The van der Waals surface area contributed by atoms with Crippen LogP contribution in [-0.2, 0) is 0 Å². The van der Waals surface area contributed by atoms with Crippen LogP contribution in [0.5, 0.6) is 0 Å². The van der Waals surface area contributed by atoms with Gasteiger partial charge in [-0.1, -0.05) is 0 Å². The fourth-order valence-electron chi connectivity index (χ4n) is 0. The minimum atomic E-state index is 0. The Morgan fingerprint density at radius 3 is 1.25 bits per heavy atom. The maximum absolute atomic E-state index is 3.25. The predicted molar refractivity (Wildman–Crippen MR) is 17.4 cm³/mol. The van der Waals surface area contributed by atoms with Crippen molar-refractivity contribution in [1.82, 2.24) is 0 Å². The molecule has 0 aliphatic heterocycles. The molecule has 25 valence electrons. The van der Waals surface area contributed by atoms with Gasteiger partial charge in [0.15, 0.2) is 0 Å². The molecule has 0 bridgehead atoms. The van der Waals surface area contributed by atoms with Gasteiger partial charge in [0.25, 0.3) is 0 Å². The van der Waals surface area contributed by atoms with Gasteiger partial charge in [-0.05, 0) is 0 Å². The van der Waals surface area contributed by atoms with Crippen LogP contribution < -0.4 is 0 Å². The first kappa shape index (κ1) is 19.0. The molecule has 0 nitrogen and oxygen atoms in total. The van der Waals surface area contributed by atoms with Gasteiger partial charge in [-0.2, -0.15) is 6.92 Å². The second-order valence-corrected chi connectivity index (χ2v) is 0. The molecule has 0 aromatic heterocycles. The first-order valence-corrected chi connectivity index (χ1v) is 0.707. The molecule has 0 aromatic carbocycles. The zero-order valence-electron chi connectivity index (χ0n) is 3.28. The van der Waals surface area contributed by atoms with E-state index in [4.69, 9.17) is 0 Å². The largest absolute Gasteiger partial charge is 0.358 e. The van der Waals surface area contributed by atoms with Crippen LogP contribution in [0, 0.1) is 49.9 Å². The first-order chi connectivity index (χ1) is 1.00. The molecule has 0 unspecified atom stereocenters. The van der Waals surface area contributed by atoms with Crippen LogP contribution in [0.2, 0.25) is 0 Å². The molecular weight excluding hydrogens is 175 g/mol. The Hall–Kier alpha value is 1.19. The maximum atomic E-state index is 3.25. The summed E-state index contributed by atoms with van der Waals surface area (Å²) in [6, 6.07) is 0. The van der Waals surface area contributed by atoms with Gasteiger partial charge in [0.2, 0.25) is 0 Å². The fourth-order valence-corrected chi connectivity index (χ4v) is 0. The summed E-state index contributed by atoms with van der Waals surface area (Å²) >= 11 is 0. The van der Waals surface area contributed by atoms with Gasteiger partial charge in [-0.25, -0.2) is 0 Å². The van der Waals surface area contributed by atoms with Gasteiger partial charge in [0.05, 0.1) is 0 Å². The molecule has 0 spiro atoms. The van der Waals surface area contributed by atoms with E-state index in [-0.39, 0.29) is 43.0 Å². The smallest absolute Gasteiger partial charge is 0 e. The molecule has 4 heavy (non-hydrogen) atoms. The van der Waals surface area contributed by atoms with Gasteiger partial charge < -0.3 is 14.4 Å². The van der Waals surface area contributed by atoms with Gasteiger partial charge in [-0.3, -0.25) is 0 Å². The van der Waals surface area contributed by atoms with Crippen molar-refractivity contribution in [3.63, 3.8) is 0 Å². The number of hydrogen-bond donors (Lipinski definition) is 0. The molecule has 0 heterocycles. The van der Waals surface area contributed by atoms with Crippen molar-refractivity contribution in [2.75, 3.05) is 0 Å². The van der Waals surface area contributed by atoms with E-state index in [0.717, 1.165) is 0 Å². The molecule has 0 N–H and O–H groups in total. The summed E-state index contributed by atoms with van der Waals surface area (Å²) in [5, 5.41) is 0.